The number of fused-ring (bicyclic) bond motifs is 2. The second kappa shape index (κ2) is 4.57. The predicted octanol–water partition coefficient (Wildman–Crippen LogP) is 2.89. The molecule has 0 saturated heterocycles. The van der Waals surface area contributed by atoms with Crippen molar-refractivity contribution in [3.8, 4) is 28.7 Å². The first-order valence-corrected chi connectivity index (χ1v) is 6.77. The van der Waals surface area contributed by atoms with Crippen LogP contribution in [0.3, 0.4) is 0 Å². The average Bonchev–Trinajstić information content (AvgIpc) is 2.98. The van der Waals surface area contributed by atoms with Crippen LogP contribution in [0.5, 0.6) is 0 Å². The molecule has 4 rings (SSSR count). The van der Waals surface area contributed by atoms with Crippen molar-refractivity contribution in [1.82, 2.24) is 15.0 Å². The molecule has 0 fully saturated rings. The summed E-state index contributed by atoms with van der Waals surface area (Å²) in [6.45, 7) is 0. The number of aromatic nitrogens is 3. The Kier molecular flexibility index (Phi) is 2.57. The molecule has 2 N–H and O–H groups in total. The molecule has 0 saturated carbocycles. The molecule has 2 aromatic rings. The quantitative estimate of drug-likeness (QED) is 0.564. The zero-order chi connectivity index (χ0) is 15.1. The molecule has 1 aromatic heterocycles. The Morgan fingerprint density at radius 2 is 1.91 bits per heavy atom. The van der Waals surface area contributed by atoms with Crippen molar-refractivity contribution in [1.29, 1.82) is 5.26 Å². The largest absolute Gasteiger partial charge is 0.338 e. The zero-order valence-electron chi connectivity index (χ0n) is 11.4. The number of hydrogen-bond acceptors (Lipinski definition) is 3. The summed E-state index contributed by atoms with van der Waals surface area (Å²) >= 11 is 0. The van der Waals surface area contributed by atoms with Gasteiger partial charge in [-0.15, -0.1) is 0 Å². The van der Waals surface area contributed by atoms with Crippen LogP contribution in [0.1, 0.15) is 5.56 Å². The van der Waals surface area contributed by atoms with Crippen molar-refractivity contribution >= 4 is 11.0 Å². The van der Waals surface area contributed by atoms with Crippen molar-refractivity contribution in [3.63, 3.8) is 0 Å². The molecule has 1 aliphatic heterocycles. The molecule has 0 unspecified atom stereocenters. The van der Waals surface area contributed by atoms with E-state index in [1.807, 2.05) is 30.3 Å². The first-order valence-electron chi connectivity index (χ1n) is 6.77. The molecule has 2 heterocycles. The van der Waals surface area contributed by atoms with Gasteiger partial charge in [-0.25, -0.2) is 4.98 Å². The Labute approximate surface area is 125 Å². The van der Waals surface area contributed by atoms with Crippen LogP contribution in [0.25, 0.3) is 33.7 Å². The smallest absolute Gasteiger partial charge is 0.260 e. The molecule has 0 atom stereocenters. The molecule has 5 heteroatoms. The van der Waals surface area contributed by atoms with Gasteiger partial charge in [0.25, 0.3) is 5.56 Å². The Morgan fingerprint density at radius 3 is 2.77 bits per heavy atom. The van der Waals surface area contributed by atoms with E-state index in [2.05, 4.69) is 21.0 Å². The molecule has 0 radical (unpaired) electrons. The highest BCUT2D eigenvalue weighted by Gasteiger charge is 2.18. The predicted molar refractivity (Wildman–Crippen MR) is 83.5 cm³/mol. The number of rotatable bonds is 1. The normalized spacial score (nSPS) is 10.9. The Bertz CT molecular complexity index is 1070. The fourth-order valence-corrected chi connectivity index (χ4v) is 2.61. The lowest BCUT2D eigenvalue weighted by Gasteiger charge is -1.94. The van der Waals surface area contributed by atoms with Crippen LogP contribution in [0.4, 0.5) is 0 Å². The minimum Gasteiger partial charge on any atom is -0.338 e. The molecule has 0 amide bonds. The third-order valence-corrected chi connectivity index (χ3v) is 3.63. The van der Waals surface area contributed by atoms with Crippen LogP contribution >= 0.6 is 0 Å². The molecular weight excluding hydrogens is 276 g/mol. The summed E-state index contributed by atoms with van der Waals surface area (Å²) in [7, 11) is 0. The summed E-state index contributed by atoms with van der Waals surface area (Å²) in [5, 5.41) is 8.96. The van der Waals surface area contributed by atoms with Crippen LogP contribution in [-0.2, 0) is 0 Å². The van der Waals surface area contributed by atoms with E-state index in [4.69, 9.17) is 5.26 Å². The maximum atomic E-state index is 12.3. The standard InChI is InChI=1S/C17H10N4O/c18-9-10-6-7-13-14(8-10)20-16(19-13)15-11-4-2-1-3-5-12(11)21-17(15)22/h1-8H,(H,19,20)(H,21,22). The van der Waals surface area contributed by atoms with Crippen molar-refractivity contribution in [3.05, 3.63) is 64.4 Å². The Balaban J connectivity index is 1.99. The van der Waals surface area contributed by atoms with Gasteiger partial charge in [-0.1, -0.05) is 24.3 Å². The van der Waals surface area contributed by atoms with Crippen molar-refractivity contribution in [2.45, 2.75) is 0 Å². The van der Waals surface area contributed by atoms with Gasteiger partial charge in [0.15, 0.2) is 0 Å². The summed E-state index contributed by atoms with van der Waals surface area (Å²) in [5.41, 5.74) is 3.92. The summed E-state index contributed by atoms with van der Waals surface area (Å²) in [5.74, 6) is 0.507. The minimum atomic E-state index is -0.180. The highest BCUT2D eigenvalue weighted by Crippen LogP contribution is 2.29. The van der Waals surface area contributed by atoms with Gasteiger partial charge in [-0.05, 0) is 24.3 Å². The summed E-state index contributed by atoms with van der Waals surface area (Å²) in [6.07, 6.45) is 0. The first-order chi connectivity index (χ1) is 10.8. The Hall–Kier alpha value is -3.39. The topological polar surface area (TPSA) is 85.3 Å². The van der Waals surface area contributed by atoms with Gasteiger partial charge in [-0.2, -0.15) is 5.26 Å². The van der Waals surface area contributed by atoms with E-state index in [0.717, 1.165) is 16.8 Å². The molecule has 1 aromatic carbocycles. The van der Waals surface area contributed by atoms with E-state index >= 15 is 0 Å². The van der Waals surface area contributed by atoms with E-state index in [-0.39, 0.29) is 5.56 Å². The summed E-state index contributed by atoms with van der Waals surface area (Å²) in [4.78, 5) is 22.7. The second-order valence-electron chi connectivity index (χ2n) is 5.00. The molecule has 1 aliphatic carbocycles. The third-order valence-electron chi connectivity index (χ3n) is 3.63. The number of aromatic amines is 2. The first kappa shape index (κ1) is 12.4. The molecule has 22 heavy (non-hydrogen) atoms. The third kappa shape index (κ3) is 1.79. The fraction of sp³-hybridized carbons (Fsp3) is 0. The highest BCUT2D eigenvalue weighted by molar-refractivity contribution is 5.86. The van der Waals surface area contributed by atoms with Gasteiger partial charge in [0.1, 0.15) is 5.82 Å². The lowest BCUT2D eigenvalue weighted by Crippen LogP contribution is -2.01. The van der Waals surface area contributed by atoms with Gasteiger partial charge in [-0.3, -0.25) is 4.79 Å². The van der Waals surface area contributed by atoms with Crippen molar-refractivity contribution in [2.24, 2.45) is 0 Å². The summed E-state index contributed by atoms with van der Waals surface area (Å²) < 4.78 is 0. The molecule has 2 aliphatic rings. The average molecular weight is 286 g/mol. The van der Waals surface area contributed by atoms with Gasteiger partial charge in [0.05, 0.1) is 28.2 Å². The van der Waals surface area contributed by atoms with Crippen molar-refractivity contribution < 1.29 is 0 Å². The molecule has 5 nitrogen and oxygen atoms in total. The fourth-order valence-electron chi connectivity index (χ4n) is 2.61. The van der Waals surface area contributed by atoms with Crippen LogP contribution in [0.2, 0.25) is 0 Å². The van der Waals surface area contributed by atoms with Gasteiger partial charge in [0.2, 0.25) is 0 Å². The van der Waals surface area contributed by atoms with E-state index in [9.17, 15) is 4.79 Å². The van der Waals surface area contributed by atoms with E-state index in [1.165, 1.54) is 0 Å². The molecular formula is C17H10N4O. The number of nitriles is 1. The van der Waals surface area contributed by atoms with E-state index < -0.39 is 0 Å². The zero-order valence-corrected chi connectivity index (χ0v) is 11.4. The van der Waals surface area contributed by atoms with E-state index in [0.29, 0.717) is 22.5 Å². The molecule has 104 valence electrons. The monoisotopic (exact) mass is 286 g/mol. The van der Waals surface area contributed by atoms with E-state index in [1.54, 1.807) is 18.2 Å². The second-order valence-corrected chi connectivity index (χ2v) is 5.00. The molecule has 0 bridgehead atoms. The number of nitrogens with one attached hydrogen (secondary N) is 2. The van der Waals surface area contributed by atoms with Gasteiger partial charge < -0.3 is 9.97 Å². The van der Waals surface area contributed by atoms with Crippen LogP contribution < -0.4 is 5.56 Å². The maximum absolute atomic E-state index is 12.3. The van der Waals surface area contributed by atoms with Crippen LogP contribution in [-0.4, -0.2) is 15.0 Å². The van der Waals surface area contributed by atoms with Crippen molar-refractivity contribution in [2.75, 3.05) is 0 Å². The summed E-state index contributed by atoms with van der Waals surface area (Å²) in [6, 6.07) is 16.7. The number of benzene rings is 1. The highest BCUT2D eigenvalue weighted by atomic mass is 16.1. The van der Waals surface area contributed by atoms with Gasteiger partial charge in [0, 0.05) is 11.3 Å². The van der Waals surface area contributed by atoms with Gasteiger partial charge >= 0.3 is 0 Å². The van der Waals surface area contributed by atoms with Crippen LogP contribution in [0.15, 0.2) is 53.3 Å². The lowest BCUT2D eigenvalue weighted by atomic mass is 10.1. The minimum absolute atomic E-state index is 0.180. The SMILES string of the molecule is N#Cc1ccc2[nH]c(-c3c4cccccc-4[nH]c3=O)nc2c1. The molecule has 0 spiro atoms. The maximum Gasteiger partial charge on any atom is 0.260 e. The Morgan fingerprint density at radius 1 is 1.05 bits per heavy atom. The number of imidazole rings is 1. The number of nitrogens with zero attached hydrogens (tertiary/aromatic N) is 2. The van der Waals surface area contributed by atoms with Crippen LogP contribution in [0, 0.1) is 11.3 Å². The lowest BCUT2D eigenvalue weighted by molar-refractivity contribution is 1.29. The number of hydrogen-bond donors (Lipinski definition) is 2. The number of H-pyrrole nitrogens is 2.